The summed E-state index contributed by atoms with van der Waals surface area (Å²) in [5.74, 6) is -0.714. The number of carbonyl (C=O) groups is 2. The van der Waals surface area contributed by atoms with E-state index >= 15 is 0 Å². The number of allylic oxidation sites excluding steroid dienone is 4. The van der Waals surface area contributed by atoms with Crippen molar-refractivity contribution < 1.29 is 18.7 Å². The first-order valence-corrected chi connectivity index (χ1v) is 12.2. The Morgan fingerprint density at radius 2 is 2.05 bits per heavy atom. The van der Waals surface area contributed by atoms with Crippen LogP contribution in [0.1, 0.15) is 18.9 Å². The highest BCUT2D eigenvalue weighted by atomic mass is 35.5. The Morgan fingerprint density at radius 1 is 1.21 bits per heavy atom. The smallest absolute Gasteiger partial charge is 0.260 e. The van der Waals surface area contributed by atoms with Gasteiger partial charge in [0, 0.05) is 35.6 Å². The molecule has 0 saturated heterocycles. The van der Waals surface area contributed by atoms with Gasteiger partial charge in [-0.25, -0.2) is 14.4 Å². The first kappa shape index (κ1) is 26.7. The molecule has 0 aliphatic heterocycles. The number of carbonyl (C=O) groups excluding carboxylic acids is 2. The summed E-state index contributed by atoms with van der Waals surface area (Å²) in [6, 6.07) is 5.89. The number of rotatable bonds is 8. The molecule has 1 aliphatic carbocycles. The highest BCUT2D eigenvalue weighted by Crippen LogP contribution is 2.31. The number of amides is 2. The van der Waals surface area contributed by atoms with Gasteiger partial charge in [-0.3, -0.25) is 19.5 Å². The number of ether oxygens (including phenoxy) is 1. The van der Waals surface area contributed by atoms with Gasteiger partial charge in [-0.15, -0.1) is 0 Å². The number of anilines is 2. The van der Waals surface area contributed by atoms with E-state index in [4.69, 9.17) is 16.3 Å². The Balaban J connectivity index is 1.58. The number of halogens is 2. The molecule has 0 atom stereocenters. The van der Waals surface area contributed by atoms with Crippen LogP contribution in [-0.2, 0) is 9.59 Å². The van der Waals surface area contributed by atoms with Crippen molar-refractivity contribution >= 4 is 34.9 Å². The summed E-state index contributed by atoms with van der Waals surface area (Å²) in [6.45, 7) is 3.19. The maximum Gasteiger partial charge on any atom is 0.260 e. The predicted octanol–water partition coefficient (Wildman–Crippen LogP) is 5.58. The summed E-state index contributed by atoms with van der Waals surface area (Å²) in [5.41, 5.74) is 2.12. The molecule has 4 rings (SSSR count). The standard InChI is InChI=1S/C28H25ClFN5O3/c1-18-16-31-12-11-24(18)33-27-25(17-32-26(34-27)22-15-21(29)9-10-23(22)30)38-14-13-35(19(2)36)28(37)20-7-5-3-4-6-8-20/h3-5,7-12,15-17H,6,13-14H2,1-2H3,(H,31,32,33,34). The van der Waals surface area contributed by atoms with E-state index in [1.807, 2.05) is 19.1 Å². The van der Waals surface area contributed by atoms with Crippen LogP contribution in [-0.4, -0.2) is 44.8 Å². The Kier molecular flexibility index (Phi) is 8.60. The summed E-state index contributed by atoms with van der Waals surface area (Å²) in [6.07, 6.45) is 14.3. The minimum Gasteiger partial charge on any atom is -0.486 e. The van der Waals surface area contributed by atoms with E-state index in [1.165, 1.54) is 31.3 Å². The number of aromatic nitrogens is 3. The van der Waals surface area contributed by atoms with Crippen LogP contribution >= 0.6 is 11.6 Å². The lowest BCUT2D eigenvalue weighted by Gasteiger charge is -2.20. The lowest BCUT2D eigenvalue weighted by molar-refractivity contribution is -0.141. The molecule has 0 bridgehead atoms. The molecule has 194 valence electrons. The average Bonchev–Trinajstić information content (AvgIpc) is 3.19. The van der Waals surface area contributed by atoms with Gasteiger partial charge in [0.1, 0.15) is 12.4 Å². The summed E-state index contributed by atoms with van der Waals surface area (Å²) < 4.78 is 20.4. The second kappa shape index (κ2) is 12.2. The molecular formula is C28H25ClFN5O3. The van der Waals surface area contributed by atoms with E-state index in [1.54, 1.807) is 36.7 Å². The van der Waals surface area contributed by atoms with E-state index < -0.39 is 17.6 Å². The molecule has 10 heteroatoms. The lowest BCUT2D eigenvalue weighted by Crippen LogP contribution is -2.39. The van der Waals surface area contributed by atoms with Gasteiger partial charge >= 0.3 is 0 Å². The molecule has 2 aromatic heterocycles. The zero-order chi connectivity index (χ0) is 27.1. The monoisotopic (exact) mass is 533 g/mol. The number of benzene rings is 1. The van der Waals surface area contributed by atoms with E-state index in [-0.39, 0.29) is 36.1 Å². The Morgan fingerprint density at radius 3 is 2.84 bits per heavy atom. The van der Waals surface area contributed by atoms with Gasteiger partial charge < -0.3 is 10.1 Å². The molecule has 0 radical (unpaired) electrons. The Labute approximate surface area is 224 Å². The van der Waals surface area contributed by atoms with E-state index in [0.29, 0.717) is 22.7 Å². The molecule has 0 spiro atoms. The molecule has 0 fully saturated rings. The summed E-state index contributed by atoms with van der Waals surface area (Å²) in [7, 11) is 0. The fraction of sp³-hybridized carbons (Fsp3) is 0.179. The second-order valence-electron chi connectivity index (χ2n) is 8.35. The lowest BCUT2D eigenvalue weighted by atomic mass is 10.2. The number of nitrogens with one attached hydrogen (secondary N) is 1. The van der Waals surface area contributed by atoms with Crippen LogP contribution in [0.4, 0.5) is 15.9 Å². The molecule has 1 aromatic carbocycles. The van der Waals surface area contributed by atoms with Crippen LogP contribution in [0.3, 0.4) is 0 Å². The molecular weight excluding hydrogens is 509 g/mol. The summed E-state index contributed by atoms with van der Waals surface area (Å²) in [4.78, 5) is 39.2. The zero-order valence-electron chi connectivity index (χ0n) is 20.8. The van der Waals surface area contributed by atoms with Crippen molar-refractivity contribution in [3.05, 3.63) is 95.2 Å². The first-order valence-electron chi connectivity index (χ1n) is 11.8. The molecule has 1 N–H and O–H groups in total. The van der Waals surface area contributed by atoms with Crippen LogP contribution < -0.4 is 10.1 Å². The maximum atomic E-state index is 14.5. The number of aryl methyl sites for hydroxylation is 1. The molecule has 2 heterocycles. The summed E-state index contributed by atoms with van der Waals surface area (Å²) in [5, 5.41) is 3.52. The third kappa shape index (κ3) is 6.49. The van der Waals surface area contributed by atoms with Gasteiger partial charge in [0.2, 0.25) is 5.91 Å². The third-order valence-corrected chi connectivity index (χ3v) is 5.87. The number of imide groups is 1. The Bertz CT molecular complexity index is 1450. The van der Waals surface area contributed by atoms with Crippen molar-refractivity contribution in [1.29, 1.82) is 0 Å². The van der Waals surface area contributed by atoms with Gasteiger partial charge in [0.25, 0.3) is 5.91 Å². The fourth-order valence-corrected chi connectivity index (χ4v) is 3.82. The third-order valence-electron chi connectivity index (χ3n) is 5.64. The van der Waals surface area contributed by atoms with E-state index in [2.05, 4.69) is 20.3 Å². The second-order valence-corrected chi connectivity index (χ2v) is 8.79. The summed E-state index contributed by atoms with van der Waals surface area (Å²) >= 11 is 6.06. The number of hydrogen-bond acceptors (Lipinski definition) is 7. The minimum absolute atomic E-state index is 0.00513. The topological polar surface area (TPSA) is 97.3 Å². The molecule has 2 amide bonds. The number of hydrogen-bond donors (Lipinski definition) is 1. The van der Waals surface area contributed by atoms with Crippen LogP contribution in [0.25, 0.3) is 11.4 Å². The fourth-order valence-electron chi connectivity index (χ4n) is 3.65. The highest BCUT2D eigenvalue weighted by Gasteiger charge is 2.21. The van der Waals surface area contributed by atoms with Crippen molar-refractivity contribution in [2.45, 2.75) is 20.3 Å². The minimum atomic E-state index is -0.526. The van der Waals surface area contributed by atoms with Crippen molar-refractivity contribution in [2.24, 2.45) is 0 Å². The van der Waals surface area contributed by atoms with Crippen LogP contribution in [0.5, 0.6) is 5.75 Å². The predicted molar refractivity (Wildman–Crippen MR) is 144 cm³/mol. The van der Waals surface area contributed by atoms with Crippen LogP contribution in [0.15, 0.2) is 78.8 Å². The van der Waals surface area contributed by atoms with E-state index in [0.717, 1.165) is 10.5 Å². The van der Waals surface area contributed by atoms with Crippen molar-refractivity contribution in [3.63, 3.8) is 0 Å². The zero-order valence-corrected chi connectivity index (χ0v) is 21.6. The maximum absolute atomic E-state index is 14.5. The van der Waals surface area contributed by atoms with E-state index in [9.17, 15) is 14.0 Å². The number of pyridine rings is 1. The molecule has 3 aromatic rings. The Hall–Kier alpha value is -4.37. The van der Waals surface area contributed by atoms with Gasteiger partial charge in [0.15, 0.2) is 17.4 Å². The van der Waals surface area contributed by atoms with Crippen molar-refractivity contribution in [1.82, 2.24) is 19.9 Å². The van der Waals surface area contributed by atoms with Crippen LogP contribution in [0.2, 0.25) is 5.02 Å². The van der Waals surface area contributed by atoms with Gasteiger partial charge in [-0.1, -0.05) is 35.9 Å². The molecule has 1 aliphatic rings. The first-order chi connectivity index (χ1) is 18.3. The van der Waals surface area contributed by atoms with Crippen molar-refractivity contribution in [2.75, 3.05) is 18.5 Å². The number of nitrogens with zero attached hydrogens (tertiary/aromatic N) is 4. The molecule has 0 unspecified atom stereocenters. The molecule has 38 heavy (non-hydrogen) atoms. The SMILES string of the molecule is CC(=O)N(CCOc1cnc(-c2cc(Cl)ccc2F)nc1Nc1ccncc1C)C(=O)C1=CCC=CC=C1. The quantitative estimate of drug-likeness (QED) is 0.403. The normalized spacial score (nSPS) is 12.5. The van der Waals surface area contributed by atoms with Crippen molar-refractivity contribution in [3.8, 4) is 17.1 Å². The van der Waals surface area contributed by atoms with Gasteiger partial charge in [-0.05, 0) is 49.2 Å². The molecule has 8 nitrogen and oxygen atoms in total. The largest absolute Gasteiger partial charge is 0.486 e. The van der Waals surface area contributed by atoms with Gasteiger partial charge in [-0.2, -0.15) is 0 Å². The average molecular weight is 534 g/mol. The molecule has 0 saturated carbocycles. The van der Waals surface area contributed by atoms with Gasteiger partial charge in [0.05, 0.1) is 18.3 Å². The highest BCUT2D eigenvalue weighted by molar-refractivity contribution is 6.30. The van der Waals surface area contributed by atoms with Crippen LogP contribution in [0, 0.1) is 12.7 Å².